The molecule has 0 saturated heterocycles. The molecule has 9 heteroatoms. The van der Waals surface area contributed by atoms with Crippen LogP contribution in [0.15, 0.2) is 18.3 Å². The van der Waals surface area contributed by atoms with Gasteiger partial charge in [-0.25, -0.2) is 4.98 Å². The molecule has 0 fully saturated rings. The largest absolute Gasteiger partial charge is 0.469 e. The van der Waals surface area contributed by atoms with E-state index in [4.69, 9.17) is 11.6 Å². The highest BCUT2D eigenvalue weighted by Crippen LogP contribution is 2.19. The highest BCUT2D eigenvalue weighted by atomic mass is 35.5. The molecule has 1 heterocycles. The lowest BCUT2D eigenvalue weighted by Gasteiger charge is -2.23. The second kappa shape index (κ2) is 7.26. The lowest BCUT2D eigenvalue weighted by molar-refractivity contribution is -0.147. The number of ether oxygens (including phenoxy) is 1. The monoisotopic (exact) mass is 324 g/mol. The number of carbonyl (C=O) groups is 2. The van der Waals surface area contributed by atoms with Crippen molar-refractivity contribution in [3.05, 3.63) is 29.0 Å². The van der Waals surface area contributed by atoms with Crippen LogP contribution in [-0.4, -0.2) is 48.1 Å². The van der Waals surface area contributed by atoms with Gasteiger partial charge in [-0.05, 0) is 12.1 Å². The molecule has 0 aromatic carbocycles. The number of esters is 1. The van der Waals surface area contributed by atoms with E-state index in [0.29, 0.717) is 4.90 Å². The normalized spacial score (nSPS) is 11.1. The Kier molecular flexibility index (Phi) is 5.95. The van der Waals surface area contributed by atoms with Crippen molar-refractivity contribution in [1.82, 2.24) is 9.88 Å². The first-order valence-electron chi connectivity index (χ1n) is 5.77. The molecule has 0 atom stereocenters. The molecule has 1 rings (SSSR count). The van der Waals surface area contributed by atoms with Crippen molar-refractivity contribution in [2.24, 2.45) is 0 Å². The van der Waals surface area contributed by atoms with Gasteiger partial charge in [0.05, 0.1) is 13.5 Å². The highest BCUT2D eigenvalue weighted by molar-refractivity contribution is 6.29. The summed E-state index contributed by atoms with van der Waals surface area (Å²) in [6.07, 6.45) is -3.71. The standard InChI is InChI=1S/C12H12ClF3N2O3/c1-21-10(19)3-5-18(7-12(14,15)16)11(20)8-2-4-17-9(13)6-8/h2,4,6H,3,5,7H2,1H3. The maximum atomic E-state index is 12.5. The zero-order valence-corrected chi connectivity index (χ0v) is 11.7. The van der Waals surface area contributed by atoms with Crippen molar-refractivity contribution in [3.8, 4) is 0 Å². The average Bonchev–Trinajstić information content (AvgIpc) is 2.41. The third-order valence-corrected chi connectivity index (χ3v) is 2.65. The van der Waals surface area contributed by atoms with Crippen LogP contribution < -0.4 is 0 Å². The Morgan fingerprint density at radius 2 is 2.10 bits per heavy atom. The Morgan fingerprint density at radius 1 is 1.43 bits per heavy atom. The van der Waals surface area contributed by atoms with Crippen LogP contribution in [-0.2, 0) is 9.53 Å². The predicted octanol–water partition coefficient (Wildman–Crippen LogP) is 2.30. The zero-order chi connectivity index (χ0) is 16.0. The van der Waals surface area contributed by atoms with Crippen LogP contribution in [0.1, 0.15) is 16.8 Å². The minimum atomic E-state index is -4.58. The van der Waals surface area contributed by atoms with Crippen molar-refractivity contribution >= 4 is 23.5 Å². The van der Waals surface area contributed by atoms with E-state index in [1.54, 1.807) is 0 Å². The van der Waals surface area contributed by atoms with Crippen LogP contribution in [0.3, 0.4) is 0 Å². The minimum Gasteiger partial charge on any atom is -0.469 e. The van der Waals surface area contributed by atoms with Gasteiger partial charge in [-0.15, -0.1) is 0 Å². The summed E-state index contributed by atoms with van der Waals surface area (Å²) in [5, 5.41) is -0.0132. The second-order valence-electron chi connectivity index (χ2n) is 4.04. The number of alkyl halides is 3. The zero-order valence-electron chi connectivity index (χ0n) is 11.0. The van der Waals surface area contributed by atoms with Crippen molar-refractivity contribution in [2.45, 2.75) is 12.6 Å². The van der Waals surface area contributed by atoms with Crippen molar-refractivity contribution in [1.29, 1.82) is 0 Å². The molecule has 21 heavy (non-hydrogen) atoms. The predicted molar refractivity (Wildman–Crippen MR) is 67.8 cm³/mol. The average molecular weight is 325 g/mol. The number of amides is 1. The quantitative estimate of drug-likeness (QED) is 0.616. The van der Waals surface area contributed by atoms with Crippen molar-refractivity contribution in [2.75, 3.05) is 20.2 Å². The van der Waals surface area contributed by atoms with E-state index in [1.807, 2.05) is 0 Å². The lowest BCUT2D eigenvalue weighted by Crippen LogP contribution is -2.40. The van der Waals surface area contributed by atoms with Crippen molar-refractivity contribution < 1.29 is 27.5 Å². The molecule has 1 amide bonds. The van der Waals surface area contributed by atoms with Gasteiger partial charge in [-0.3, -0.25) is 9.59 Å². The Hall–Kier alpha value is -1.83. The Labute approximate surface area is 123 Å². The van der Waals surface area contributed by atoms with Crippen LogP contribution in [0.5, 0.6) is 0 Å². The van der Waals surface area contributed by atoms with E-state index in [2.05, 4.69) is 9.72 Å². The molecule has 0 unspecified atom stereocenters. The number of methoxy groups -OCH3 is 1. The summed E-state index contributed by atoms with van der Waals surface area (Å²) in [7, 11) is 1.11. The molecular weight excluding hydrogens is 313 g/mol. The summed E-state index contributed by atoms with van der Waals surface area (Å²) >= 11 is 5.60. The summed E-state index contributed by atoms with van der Waals surface area (Å²) in [6.45, 7) is -1.88. The van der Waals surface area contributed by atoms with Gasteiger partial charge in [0.1, 0.15) is 11.7 Å². The van der Waals surface area contributed by atoms with Gasteiger partial charge in [0.2, 0.25) is 0 Å². The highest BCUT2D eigenvalue weighted by Gasteiger charge is 2.33. The number of hydrogen-bond acceptors (Lipinski definition) is 4. The van der Waals surface area contributed by atoms with Crippen LogP contribution in [0.4, 0.5) is 13.2 Å². The maximum absolute atomic E-state index is 12.5. The number of halogens is 4. The van der Waals surface area contributed by atoms with E-state index in [1.165, 1.54) is 12.3 Å². The van der Waals surface area contributed by atoms with E-state index in [-0.39, 0.29) is 17.1 Å². The molecule has 1 aromatic rings. The van der Waals surface area contributed by atoms with E-state index in [0.717, 1.165) is 13.2 Å². The number of hydrogen-bond donors (Lipinski definition) is 0. The van der Waals surface area contributed by atoms with E-state index >= 15 is 0 Å². The molecule has 0 spiro atoms. The number of rotatable bonds is 5. The SMILES string of the molecule is COC(=O)CCN(CC(F)(F)F)C(=O)c1ccnc(Cl)c1. The van der Waals surface area contributed by atoms with Gasteiger partial charge < -0.3 is 9.64 Å². The molecule has 0 saturated carbocycles. The van der Waals surface area contributed by atoms with Gasteiger partial charge in [0.25, 0.3) is 5.91 Å². The fourth-order valence-electron chi connectivity index (χ4n) is 1.52. The summed E-state index contributed by atoms with van der Waals surface area (Å²) in [5.74, 6) is -1.59. The van der Waals surface area contributed by atoms with Gasteiger partial charge in [0, 0.05) is 18.3 Å². The molecule has 0 aliphatic rings. The van der Waals surface area contributed by atoms with Gasteiger partial charge in [0.15, 0.2) is 0 Å². The summed E-state index contributed by atoms with van der Waals surface area (Å²) < 4.78 is 41.9. The fraction of sp³-hybridized carbons (Fsp3) is 0.417. The molecule has 0 N–H and O–H groups in total. The van der Waals surface area contributed by atoms with Crippen molar-refractivity contribution in [3.63, 3.8) is 0 Å². The number of pyridine rings is 1. The first-order valence-corrected chi connectivity index (χ1v) is 6.15. The van der Waals surface area contributed by atoms with Crippen LogP contribution in [0.2, 0.25) is 5.15 Å². The molecule has 0 bridgehead atoms. The van der Waals surface area contributed by atoms with Crippen LogP contribution >= 0.6 is 11.6 Å². The summed E-state index contributed by atoms with van der Waals surface area (Å²) in [4.78, 5) is 27.2. The molecule has 0 aliphatic heterocycles. The van der Waals surface area contributed by atoms with Gasteiger partial charge >= 0.3 is 12.1 Å². The van der Waals surface area contributed by atoms with Crippen LogP contribution in [0, 0.1) is 0 Å². The molecule has 116 valence electrons. The van der Waals surface area contributed by atoms with E-state index in [9.17, 15) is 22.8 Å². The first kappa shape index (κ1) is 17.2. The number of carbonyl (C=O) groups excluding carboxylic acids is 2. The fourth-order valence-corrected chi connectivity index (χ4v) is 1.69. The molecule has 0 aliphatic carbocycles. The Bertz CT molecular complexity index is 523. The topological polar surface area (TPSA) is 59.5 Å². The first-order chi connectivity index (χ1) is 9.73. The van der Waals surface area contributed by atoms with E-state index < -0.39 is 31.1 Å². The smallest absolute Gasteiger partial charge is 0.406 e. The molecular formula is C12H12ClF3N2O3. The number of nitrogens with zero attached hydrogens (tertiary/aromatic N) is 2. The molecule has 5 nitrogen and oxygen atoms in total. The summed E-state index contributed by atoms with van der Waals surface area (Å²) in [5.41, 5.74) is -0.0379. The Balaban J connectivity index is 2.89. The third-order valence-electron chi connectivity index (χ3n) is 2.44. The van der Waals surface area contributed by atoms with Crippen LogP contribution in [0.25, 0.3) is 0 Å². The summed E-state index contributed by atoms with van der Waals surface area (Å²) in [6, 6.07) is 2.40. The minimum absolute atomic E-state index is 0.0132. The molecule has 0 radical (unpaired) electrons. The maximum Gasteiger partial charge on any atom is 0.406 e. The second-order valence-corrected chi connectivity index (χ2v) is 4.42. The van der Waals surface area contributed by atoms with Gasteiger partial charge in [-0.1, -0.05) is 11.6 Å². The third kappa shape index (κ3) is 5.99. The molecule has 1 aromatic heterocycles. The number of aromatic nitrogens is 1. The Morgan fingerprint density at radius 3 is 2.62 bits per heavy atom. The van der Waals surface area contributed by atoms with Gasteiger partial charge in [-0.2, -0.15) is 13.2 Å². The lowest BCUT2D eigenvalue weighted by atomic mass is 10.2.